The predicted octanol–water partition coefficient (Wildman–Crippen LogP) is 3.39. The van der Waals surface area contributed by atoms with Crippen molar-refractivity contribution in [3.05, 3.63) is 65.0 Å². The maximum atomic E-state index is 13.3. The van der Waals surface area contributed by atoms with Crippen LogP contribution in [0.25, 0.3) is 11.0 Å². The highest BCUT2D eigenvalue weighted by molar-refractivity contribution is 5.97. The molecular weight excluding hydrogens is 338 g/mol. The third-order valence-corrected chi connectivity index (χ3v) is 6.21. The number of rotatable bonds is 2. The number of likely N-dealkylation sites (tertiary alicyclic amines) is 1. The van der Waals surface area contributed by atoms with Crippen molar-refractivity contribution in [2.75, 3.05) is 6.54 Å². The number of carbonyl (C=O) groups is 1. The van der Waals surface area contributed by atoms with Crippen LogP contribution >= 0.6 is 0 Å². The van der Waals surface area contributed by atoms with Gasteiger partial charge in [0.05, 0.1) is 24.0 Å². The van der Waals surface area contributed by atoms with Gasteiger partial charge in [-0.3, -0.25) is 4.79 Å². The largest absolute Gasteiger partial charge is 0.392 e. The monoisotopic (exact) mass is 361 g/mol. The number of carbonyl (C=O) groups excluding carboxylic acids is 1. The fraction of sp³-hybridized carbons (Fsp3) is 0.364. The summed E-state index contributed by atoms with van der Waals surface area (Å²) in [5.74, 6) is 0.512. The SMILES string of the molecule is O=C(c1ccc2[nH]cnc2c1)N1CCC[C@H]2c3ccc(CO)cc3CC[C@H]21. The lowest BCUT2D eigenvalue weighted by molar-refractivity contribution is 0.0547. The van der Waals surface area contributed by atoms with Gasteiger partial charge in [-0.1, -0.05) is 18.2 Å². The molecule has 138 valence electrons. The molecule has 2 aliphatic rings. The van der Waals surface area contributed by atoms with Gasteiger partial charge in [-0.05, 0) is 60.6 Å². The first-order chi connectivity index (χ1) is 13.2. The normalized spacial score (nSPS) is 21.7. The first kappa shape index (κ1) is 16.5. The van der Waals surface area contributed by atoms with Crippen LogP contribution in [0.3, 0.4) is 0 Å². The van der Waals surface area contributed by atoms with Crippen molar-refractivity contribution in [2.45, 2.75) is 44.2 Å². The highest BCUT2D eigenvalue weighted by atomic mass is 16.3. The molecule has 2 aromatic carbocycles. The van der Waals surface area contributed by atoms with Gasteiger partial charge in [0.2, 0.25) is 0 Å². The van der Waals surface area contributed by atoms with Crippen LogP contribution in [-0.4, -0.2) is 38.5 Å². The molecule has 0 unspecified atom stereocenters. The summed E-state index contributed by atoms with van der Waals surface area (Å²) in [4.78, 5) is 22.7. The molecule has 1 saturated heterocycles. The van der Waals surface area contributed by atoms with Gasteiger partial charge in [-0.15, -0.1) is 0 Å². The second-order valence-corrected chi connectivity index (χ2v) is 7.68. The number of benzene rings is 2. The summed E-state index contributed by atoms with van der Waals surface area (Å²) in [5.41, 5.74) is 6.19. The Morgan fingerprint density at radius 1 is 1.22 bits per heavy atom. The van der Waals surface area contributed by atoms with Gasteiger partial charge in [-0.25, -0.2) is 4.98 Å². The van der Waals surface area contributed by atoms with E-state index in [0.29, 0.717) is 5.92 Å². The lowest BCUT2D eigenvalue weighted by atomic mass is 9.74. The van der Waals surface area contributed by atoms with Gasteiger partial charge in [0.15, 0.2) is 0 Å². The molecule has 5 heteroatoms. The zero-order valence-electron chi connectivity index (χ0n) is 15.2. The van der Waals surface area contributed by atoms with Crippen LogP contribution in [0.15, 0.2) is 42.7 Å². The number of nitrogens with zero attached hydrogens (tertiary/aromatic N) is 2. The Labute approximate surface area is 158 Å². The van der Waals surface area contributed by atoms with Gasteiger partial charge < -0.3 is 15.0 Å². The van der Waals surface area contributed by atoms with E-state index >= 15 is 0 Å². The Kier molecular flexibility index (Phi) is 3.97. The topological polar surface area (TPSA) is 69.2 Å². The summed E-state index contributed by atoms with van der Waals surface area (Å²) in [6.07, 6.45) is 5.76. The number of amides is 1. The van der Waals surface area contributed by atoms with Crippen molar-refractivity contribution < 1.29 is 9.90 Å². The molecule has 5 nitrogen and oxygen atoms in total. The highest BCUT2D eigenvalue weighted by Gasteiger charge is 2.38. The van der Waals surface area contributed by atoms with Crippen LogP contribution in [0, 0.1) is 0 Å². The van der Waals surface area contributed by atoms with Crippen LogP contribution in [-0.2, 0) is 13.0 Å². The standard InChI is InChI=1S/C22H23N3O2/c26-12-14-3-6-17-15(10-14)5-8-21-18(17)2-1-9-25(21)22(27)16-4-7-19-20(11-16)24-13-23-19/h3-4,6-7,10-11,13,18,21,26H,1-2,5,8-9,12H2,(H,23,24)/t18-,21+/m0/s1. The van der Waals surface area contributed by atoms with Gasteiger partial charge in [0, 0.05) is 24.1 Å². The van der Waals surface area contributed by atoms with Crippen LogP contribution < -0.4 is 0 Å². The average molecular weight is 361 g/mol. The molecule has 0 bridgehead atoms. The number of aliphatic hydroxyl groups is 1. The Balaban J connectivity index is 1.46. The first-order valence-corrected chi connectivity index (χ1v) is 9.71. The van der Waals surface area contributed by atoms with Gasteiger partial charge in [-0.2, -0.15) is 0 Å². The number of H-pyrrole nitrogens is 1. The quantitative estimate of drug-likeness (QED) is 0.735. The number of piperidine rings is 1. The summed E-state index contributed by atoms with van der Waals surface area (Å²) >= 11 is 0. The van der Waals surface area contributed by atoms with Crippen molar-refractivity contribution in [3.8, 4) is 0 Å². The molecule has 1 fully saturated rings. The molecule has 1 amide bonds. The Morgan fingerprint density at radius 2 is 2.15 bits per heavy atom. The van der Waals surface area contributed by atoms with E-state index in [1.54, 1.807) is 6.33 Å². The zero-order valence-corrected chi connectivity index (χ0v) is 15.2. The van der Waals surface area contributed by atoms with E-state index in [2.05, 4.69) is 27.0 Å². The van der Waals surface area contributed by atoms with Crippen molar-refractivity contribution >= 4 is 16.9 Å². The molecule has 1 aliphatic carbocycles. The number of hydrogen-bond acceptors (Lipinski definition) is 3. The molecule has 1 aromatic heterocycles. The summed E-state index contributed by atoms with van der Waals surface area (Å²) in [6, 6.07) is 12.3. The number of nitrogens with one attached hydrogen (secondary N) is 1. The molecule has 2 N–H and O–H groups in total. The van der Waals surface area contributed by atoms with Crippen molar-refractivity contribution in [1.82, 2.24) is 14.9 Å². The lowest BCUT2D eigenvalue weighted by Gasteiger charge is -2.45. The Morgan fingerprint density at radius 3 is 3.04 bits per heavy atom. The van der Waals surface area contributed by atoms with E-state index in [0.717, 1.165) is 54.4 Å². The number of fused-ring (bicyclic) bond motifs is 4. The minimum atomic E-state index is 0.0850. The number of imidazole rings is 1. The fourth-order valence-electron chi connectivity index (χ4n) is 4.90. The minimum Gasteiger partial charge on any atom is -0.392 e. The third-order valence-electron chi connectivity index (χ3n) is 6.21. The van der Waals surface area contributed by atoms with Crippen LogP contribution in [0.5, 0.6) is 0 Å². The van der Waals surface area contributed by atoms with E-state index in [4.69, 9.17) is 0 Å². The molecule has 2 heterocycles. The number of aliphatic hydroxyl groups excluding tert-OH is 1. The molecule has 3 aromatic rings. The van der Waals surface area contributed by atoms with Crippen molar-refractivity contribution in [2.24, 2.45) is 0 Å². The Bertz CT molecular complexity index is 1010. The van der Waals surface area contributed by atoms with Gasteiger partial charge in [0.1, 0.15) is 0 Å². The summed E-state index contributed by atoms with van der Waals surface area (Å²) in [6.45, 7) is 0.907. The number of hydrogen-bond donors (Lipinski definition) is 2. The number of aromatic nitrogens is 2. The third kappa shape index (κ3) is 2.73. The van der Waals surface area contributed by atoms with E-state index < -0.39 is 0 Å². The molecule has 0 spiro atoms. The van der Waals surface area contributed by atoms with Crippen LogP contribution in [0.4, 0.5) is 0 Å². The maximum absolute atomic E-state index is 13.3. The molecule has 1 aliphatic heterocycles. The van der Waals surface area contributed by atoms with Crippen LogP contribution in [0.1, 0.15) is 52.2 Å². The smallest absolute Gasteiger partial charge is 0.254 e. The highest BCUT2D eigenvalue weighted by Crippen LogP contribution is 2.41. The van der Waals surface area contributed by atoms with Crippen LogP contribution in [0.2, 0.25) is 0 Å². The average Bonchev–Trinajstić information content (AvgIpc) is 3.20. The minimum absolute atomic E-state index is 0.0850. The zero-order chi connectivity index (χ0) is 18.4. The second kappa shape index (κ2) is 6.50. The van der Waals surface area contributed by atoms with E-state index in [-0.39, 0.29) is 18.6 Å². The number of aryl methyl sites for hydroxylation is 1. The van der Waals surface area contributed by atoms with E-state index in [1.807, 2.05) is 24.3 Å². The first-order valence-electron chi connectivity index (χ1n) is 9.71. The van der Waals surface area contributed by atoms with E-state index in [1.165, 1.54) is 11.1 Å². The summed E-state index contributed by atoms with van der Waals surface area (Å²) < 4.78 is 0. The number of aromatic amines is 1. The van der Waals surface area contributed by atoms with Crippen molar-refractivity contribution in [1.29, 1.82) is 0 Å². The lowest BCUT2D eigenvalue weighted by Crippen LogP contribution is -2.49. The molecule has 2 atom stereocenters. The summed E-state index contributed by atoms with van der Waals surface area (Å²) in [7, 11) is 0. The second-order valence-electron chi connectivity index (χ2n) is 7.68. The fourth-order valence-corrected chi connectivity index (χ4v) is 4.90. The maximum Gasteiger partial charge on any atom is 0.254 e. The summed E-state index contributed by atoms with van der Waals surface area (Å²) in [5, 5.41) is 9.41. The van der Waals surface area contributed by atoms with Crippen molar-refractivity contribution in [3.63, 3.8) is 0 Å². The Hall–Kier alpha value is -2.66. The molecule has 0 radical (unpaired) electrons. The van der Waals surface area contributed by atoms with Gasteiger partial charge in [0.25, 0.3) is 5.91 Å². The molecule has 27 heavy (non-hydrogen) atoms. The molecule has 0 saturated carbocycles. The predicted molar refractivity (Wildman–Crippen MR) is 104 cm³/mol. The molecular formula is C22H23N3O2. The van der Waals surface area contributed by atoms with E-state index in [9.17, 15) is 9.90 Å². The van der Waals surface area contributed by atoms with Gasteiger partial charge >= 0.3 is 0 Å². The molecule has 5 rings (SSSR count).